The Morgan fingerprint density at radius 2 is 2.22 bits per heavy atom. The zero-order valence-corrected chi connectivity index (χ0v) is 12.2. The molecule has 0 saturated carbocycles. The number of hydrogen-bond donors (Lipinski definition) is 1. The van der Waals surface area contributed by atoms with Gasteiger partial charge in [0.2, 0.25) is 0 Å². The predicted octanol–water partition coefficient (Wildman–Crippen LogP) is 2.84. The Morgan fingerprint density at radius 1 is 1.39 bits per heavy atom. The van der Waals surface area contributed by atoms with Gasteiger partial charge >= 0.3 is 0 Å². The lowest BCUT2D eigenvalue weighted by atomic mass is 10.2. The lowest BCUT2D eigenvalue weighted by molar-refractivity contribution is 0.666. The van der Waals surface area contributed by atoms with Crippen molar-refractivity contribution in [3.05, 3.63) is 40.3 Å². The molecule has 96 valence electrons. The largest absolute Gasteiger partial charge is 0.313 e. The fourth-order valence-electron chi connectivity index (χ4n) is 1.74. The highest BCUT2D eigenvalue weighted by atomic mass is 79.9. The molecule has 0 atom stereocenters. The van der Waals surface area contributed by atoms with Crippen LogP contribution in [0.15, 0.2) is 29.1 Å². The second-order valence-corrected chi connectivity index (χ2v) is 5.19. The number of nitrogens with one attached hydrogen (secondary N) is 1. The van der Waals surface area contributed by atoms with Gasteiger partial charge in [-0.15, -0.1) is 0 Å². The smallest absolute Gasteiger partial charge is 0.157 e. The van der Waals surface area contributed by atoms with Crippen LogP contribution in [-0.4, -0.2) is 21.3 Å². The molecule has 0 aliphatic heterocycles. The van der Waals surface area contributed by atoms with Gasteiger partial charge in [0.25, 0.3) is 0 Å². The molecule has 0 unspecified atom stereocenters. The van der Waals surface area contributed by atoms with Crippen molar-refractivity contribution < 1.29 is 0 Å². The molecule has 0 aliphatic rings. The normalized spacial score (nSPS) is 10.8. The first-order chi connectivity index (χ1) is 8.70. The van der Waals surface area contributed by atoms with E-state index in [0.29, 0.717) is 0 Å². The first-order valence-corrected chi connectivity index (χ1v) is 6.86. The van der Waals surface area contributed by atoms with Gasteiger partial charge in [-0.3, -0.25) is 0 Å². The van der Waals surface area contributed by atoms with Gasteiger partial charge < -0.3 is 5.32 Å². The zero-order chi connectivity index (χ0) is 13.0. The maximum Gasteiger partial charge on any atom is 0.157 e. The van der Waals surface area contributed by atoms with Crippen LogP contribution in [0.1, 0.15) is 24.5 Å². The van der Waals surface area contributed by atoms with Crippen LogP contribution in [0, 0.1) is 6.92 Å². The Morgan fingerprint density at radius 3 is 2.89 bits per heavy atom. The van der Waals surface area contributed by atoms with Crippen LogP contribution in [0.4, 0.5) is 0 Å². The molecule has 0 aromatic carbocycles. The Bertz CT molecular complexity index is 521. The van der Waals surface area contributed by atoms with E-state index in [0.717, 1.165) is 40.9 Å². The number of aromatic nitrogens is 3. The number of aryl methyl sites for hydroxylation is 1. The van der Waals surface area contributed by atoms with Gasteiger partial charge in [0.15, 0.2) is 5.82 Å². The average Bonchev–Trinajstić information content (AvgIpc) is 2.76. The van der Waals surface area contributed by atoms with Gasteiger partial charge in [-0.25, -0.2) is 9.67 Å². The summed E-state index contributed by atoms with van der Waals surface area (Å²) in [7, 11) is 0. The van der Waals surface area contributed by atoms with Crippen LogP contribution < -0.4 is 5.32 Å². The quantitative estimate of drug-likeness (QED) is 0.864. The summed E-state index contributed by atoms with van der Waals surface area (Å²) in [6.45, 7) is 5.99. The van der Waals surface area contributed by atoms with Crippen molar-refractivity contribution in [2.45, 2.75) is 26.8 Å². The highest BCUT2D eigenvalue weighted by Gasteiger charge is 2.08. The summed E-state index contributed by atoms with van der Waals surface area (Å²) in [5.74, 6) is 0.884. The Kier molecular flexibility index (Phi) is 4.49. The van der Waals surface area contributed by atoms with Crippen LogP contribution in [-0.2, 0) is 6.54 Å². The minimum absolute atomic E-state index is 0.800. The lowest BCUT2D eigenvalue weighted by Crippen LogP contribution is -2.16. The molecule has 5 heteroatoms. The number of hydrogen-bond acceptors (Lipinski definition) is 3. The van der Waals surface area contributed by atoms with Crippen molar-refractivity contribution >= 4 is 15.9 Å². The van der Waals surface area contributed by atoms with E-state index in [1.807, 2.05) is 24.0 Å². The molecule has 0 aliphatic carbocycles. The van der Waals surface area contributed by atoms with Crippen molar-refractivity contribution in [3.8, 4) is 5.82 Å². The van der Waals surface area contributed by atoms with E-state index in [-0.39, 0.29) is 0 Å². The van der Waals surface area contributed by atoms with Gasteiger partial charge in [0.1, 0.15) is 0 Å². The number of rotatable bonds is 5. The van der Waals surface area contributed by atoms with Gasteiger partial charge in [-0.05, 0) is 47.4 Å². The average molecular weight is 309 g/mol. The maximum absolute atomic E-state index is 4.45. The summed E-state index contributed by atoms with van der Waals surface area (Å²) in [4.78, 5) is 4.45. The third-order valence-corrected chi connectivity index (χ3v) is 3.01. The van der Waals surface area contributed by atoms with E-state index in [1.54, 1.807) is 6.20 Å². The summed E-state index contributed by atoms with van der Waals surface area (Å²) in [5, 5.41) is 7.71. The topological polar surface area (TPSA) is 42.7 Å². The van der Waals surface area contributed by atoms with Crippen LogP contribution >= 0.6 is 15.9 Å². The number of halogens is 1. The molecule has 2 rings (SSSR count). The van der Waals surface area contributed by atoms with E-state index < -0.39 is 0 Å². The summed E-state index contributed by atoms with van der Waals surface area (Å²) in [6.07, 6.45) is 6.75. The molecule has 0 saturated heterocycles. The molecule has 0 bridgehead atoms. The van der Waals surface area contributed by atoms with Crippen molar-refractivity contribution in [2.75, 3.05) is 6.54 Å². The molecule has 18 heavy (non-hydrogen) atoms. The fraction of sp³-hybridized carbons (Fsp3) is 0.385. The Hall–Kier alpha value is -1.20. The third kappa shape index (κ3) is 3.17. The molecule has 0 radical (unpaired) electrons. The van der Waals surface area contributed by atoms with E-state index in [2.05, 4.69) is 44.3 Å². The predicted molar refractivity (Wildman–Crippen MR) is 75.8 cm³/mol. The van der Waals surface area contributed by atoms with Crippen molar-refractivity contribution in [3.63, 3.8) is 0 Å². The number of nitrogens with zero attached hydrogens (tertiary/aromatic N) is 3. The van der Waals surface area contributed by atoms with Gasteiger partial charge in [0.05, 0.1) is 6.20 Å². The SMILES string of the molecule is CCCNCc1cc(Br)cnc1-n1cc(C)cn1. The molecule has 0 spiro atoms. The maximum atomic E-state index is 4.45. The minimum atomic E-state index is 0.800. The molecule has 0 fully saturated rings. The van der Waals surface area contributed by atoms with Crippen LogP contribution in [0.5, 0.6) is 0 Å². The Labute approximate surface area is 116 Å². The molecule has 0 amide bonds. The van der Waals surface area contributed by atoms with Crippen LogP contribution in [0.25, 0.3) is 5.82 Å². The van der Waals surface area contributed by atoms with Gasteiger partial charge in [-0.2, -0.15) is 5.10 Å². The zero-order valence-electron chi connectivity index (χ0n) is 10.7. The molecule has 2 aromatic heterocycles. The summed E-state index contributed by atoms with van der Waals surface area (Å²) >= 11 is 3.46. The first kappa shape index (κ1) is 13.2. The minimum Gasteiger partial charge on any atom is -0.313 e. The van der Waals surface area contributed by atoms with Crippen molar-refractivity contribution in [2.24, 2.45) is 0 Å². The molecule has 2 aromatic rings. The molecule has 1 N–H and O–H groups in total. The van der Waals surface area contributed by atoms with Crippen LogP contribution in [0.2, 0.25) is 0 Å². The van der Waals surface area contributed by atoms with E-state index in [9.17, 15) is 0 Å². The summed E-state index contributed by atoms with van der Waals surface area (Å²) < 4.78 is 2.81. The second kappa shape index (κ2) is 6.11. The van der Waals surface area contributed by atoms with Crippen molar-refractivity contribution in [1.82, 2.24) is 20.1 Å². The lowest BCUT2D eigenvalue weighted by Gasteiger charge is -2.09. The van der Waals surface area contributed by atoms with Crippen molar-refractivity contribution in [1.29, 1.82) is 0 Å². The molecule has 4 nitrogen and oxygen atoms in total. The molecule has 2 heterocycles. The van der Waals surface area contributed by atoms with Gasteiger partial charge in [0, 0.05) is 29.0 Å². The highest BCUT2D eigenvalue weighted by Crippen LogP contribution is 2.17. The third-order valence-electron chi connectivity index (χ3n) is 2.58. The van der Waals surface area contributed by atoms with E-state index in [1.165, 1.54) is 0 Å². The highest BCUT2D eigenvalue weighted by molar-refractivity contribution is 9.10. The first-order valence-electron chi connectivity index (χ1n) is 6.07. The van der Waals surface area contributed by atoms with E-state index >= 15 is 0 Å². The number of pyridine rings is 1. The fourth-order valence-corrected chi connectivity index (χ4v) is 2.12. The Balaban J connectivity index is 2.28. The van der Waals surface area contributed by atoms with E-state index in [4.69, 9.17) is 0 Å². The second-order valence-electron chi connectivity index (χ2n) is 4.28. The summed E-state index contributed by atoms with van der Waals surface area (Å²) in [6, 6.07) is 2.09. The summed E-state index contributed by atoms with van der Waals surface area (Å²) in [5.41, 5.74) is 2.27. The monoisotopic (exact) mass is 308 g/mol. The molecular weight excluding hydrogens is 292 g/mol. The molecular formula is C13H17BrN4. The van der Waals surface area contributed by atoms with Gasteiger partial charge in [-0.1, -0.05) is 6.92 Å². The standard InChI is InChI=1S/C13H17BrN4/c1-3-4-15-7-11-5-12(14)8-16-13(11)18-9-10(2)6-17-18/h5-6,8-9,15H,3-4,7H2,1-2H3. The van der Waals surface area contributed by atoms with Crippen LogP contribution in [0.3, 0.4) is 0 Å².